The highest BCUT2D eigenvalue weighted by molar-refractivity contribution is 5.84. The van der Waals surface area contributed by atoms with Gasteiger partial charge >= 0.3 is 5.97 Å². The highest BCUT2D eigenvalue weighted by Crippen LogP contribution is 2.21. The molecule has 2 N–H and O–H groups in total. The zero-order chi connectivity index (χ0) is 16.7. The Morgan fingerprint density at radius 2 is 1.96 bits per heavy atom. The maximum Gasteiger partial charge on any atom is 0.330 e. The third-order valence-electron chi connectivity index (χ3n) is 4.12. The number of hydrogen-bond donors (Lipinski definition) is 2. The van der Waals surface area contributed by atoms with E-state index in [1.54, 1.807) is 31.4 Å². The summed E-state index contributed by atoms with van der Waals surface area (Å²) in [6.45, 7) is 1.49. The van der Waals surface area contributed by atoms with Gasteiger partial charge in [0.25, 0.3) is 0 Å². The summed E-state index contributed by atoms with van der Waals surface area (Å²) in [7, 11) is 1.54. The maximum atomic E-state index is 12.1. The molecule has 1 aliphatic rings. The topological polar surface area (TPSA) is 84.9 Å². The Balaban J connectivity index is 1.89. The van der Waals surface area contributed by atoms with Crippen molar-refractivity contribution in [3.05, 3.63) is 29.8 Å². The van der Waals surface area contributed by atoms with Crippen molar-refractivity contribution in [2.45, 2.75) is 31.7 Å². The van der Waals surface area contributed by atoms with Gasteiger partial charge in [-0.15, -0.1) is 0 Å². The second-order valence-electron chi connectivity index (χ2n) is 5.71. The molecule has 1 aromatic carbocycles. The van der Waals surface area contributed by atoms with Gasteiger partial charge in [-0.3, -0.25) is 4.79 Å². The summed E-state index contributed by atoms with van der Waals surface area (Å²) in [6.07, 6.45) is 3.04. The van der Waals surface area contributed by atoms with E-state index in [9.17, 15) is 14.7 Å². The van der Waals surface area contributed by atoms with E-state index in [1.165, 1.54) is 0 Å². The van der Waals surface area contributed by atoms with Crippen molar-refractivity contribution in [2.75, 3.05) is 20.3 Å². The van der Waals surface area contributed by atoms with Crippen molar-refractivity contribution in [3.63, 3.8) is 0 Å². The van der Waals surface area contributed by atoms with Crippen LogP contribution in [0, 0.1) is 5.92 Å². The number of hydrogen-bond acceptors (Lipinski definition) is 4. The van der Waals surface area contributed by atoms with Gasteiger partial charge < -0.3 is 19.9 Å². The number of methoxy groups -OCH3 is 1. The number of carbonyl (C=O) groups excluding carboxylic acids is 1. The molecule has 0 aliphatic carbocycles. The van der Waals surface area contributed by atoms with Crippen LogP contribution in [-0.2, 0) is 14.3 Å². The highest BCUT2D eigenvalue weighted by atomic mass is 16.5. The molecule has 0 aromatic heterocycles. The van der Waals surface area contributed by atoms with Gasteiger partial charge in [0.15, 0.2) is 6.04 Å². The van der Waals surface area contributed by atoms with Gasteiger partial charge in [0.1, 0.15) is 5.75 Å². The summed E-state index contributed by atoms with van der Waals surface area (Å²) < 4.78 is 10.3. The first-order valence-corrected chi connectivity index (χ1v) is 7.84. The van der Waals surface area contributed by atoms with Crippen LogP contribution in [0.15, 0.2) is 24.3 Å². The van der Waals surface area contributed by atoms with Gasteiger partial charge in [0, 0.05) is 19.6 Å². The van der Waals surface area contributed by atoms with E-state index in [4.69, 9.17) is 9.47 Å². The quantitative estimate of drug-likeness (QED) is 0.804. The minimum absolute atomic E-state index is 0.236. The lowest BCUT2D eigenvalue weighted by molar-refractivity contribution is -0.142. The molecule has 23 heavy (non-hydrogen) atoms. The Morgan fingerprint density at radius 3 is 2.52 bits per heavy atom. The molecule has 1 unspecified atom stereocenters. The molecule has 0 bridgehead atoms. The lowest BCUT2D eigenvalue weighted by Crippen LogP contribution is -2.34. The largest absolute Gasteiger partial charge is 0.497 e. The standard InChI is InChI=1S/C17H23NO5/c1-22-14-5-3-13(4-6-14)16(17(20)21)18-15(19)7-2-12-8-10-23-11-9-12/h3-6,12,16H,2,7-11H2,1H3,(H,18,19)(H,20,21). The third kappa shape index (κ3) is 5.25. The molecule has 1 fully saturated rings. The van der Waals surface area contributed by atoms with Crippen LogP contribution in [0.1, 0.15) is 37.3 Å². The van der Waals surface area contributed by atoms with E-state index in [2.05, 4.69) is 5.32 Å². The van der Waals surface area contributed by atoms with Crippen LogP contribution >= 0.6 is 0 Å². The Labute approximate surface area is 135 Å². The molecule has 1 aliphatic heterocycles. The van der Waals surface area contributed by atoms with Gasteiger partial charge in [-0.25, -0.2) is 4.79 Å². The van der Waals surface area contributed by atoms with E-state index in [-0.39, 0.29) is 5.91 Å². The summed E-state index contributed by atoms with van der Waals surface area (Å²) in [4.78, 5) is 23.5. The molecule has 0 radical (unpaired) electrons. The Kier molecular flexibility index (Phi) is 6.40. The van der Waals surface area contributed by atoms with E-state index >= 15 is 0 Å². The normalized spacial score (nSPS) is 16.6. The fraction of sp³-hybridized carbons (Fsp3) is 0.529. The van der Waals surface area contributed by atoms with Crippen molar-refractivity contribution < 1.29 is 24.2 Å². The van der Waals surface area contributed by atoms with Crippen LogP contribution < -0.4 is 10.1 Å². The zero-order valence-corrected chi connectivity index (χ0v) is 13.3. The molecule has 6 heteroatoms. The number of amides is 1. The predicted molar refractivity (Wildman–Crippen MR) is 84.3 cm³/mol. The second-order valence-corrected chi connectivity index (χ2v) is 5.71. The zero-order valence-electron chi connectivity index (χ0n) is 13.3. The second kappa shape index (κ2) is 8.53. The molecule has 2 rings (SSSR count). The van der Waals surface area contributed by atoms with Crippen LogP contribution in [0.3, 0.4) is 0 Å². The van der Waals surface area contributed by atoms with Crippen molar-refractivity contribution in [1.82, 2.24) is 5.32 Å². The Hall–Kier alpha value is -2.08. The van der Waals surface area contributed by atoms with Crippen LogP contribution in [0.2, 0.25) is 0 Å². The fourth-order valence-electron chi connectivity index (χ4n) is 2.69. The highest BCUT2D eigenvalue weighted by Gasteiger charge is 2.23. The van der Waals surface area contributed by atoms with Gasteiger partial charge in [0.2, 0.25) is 5.91 Å². The monoisotopic (exact) mass is 321 g/mol. The summed E-state index contributed by atoms with van der Waals surface area (Å²) in [5.41, 5.74) is 0.526. The molecule has 0 saturated carbocycles. The first-order valence-electron chi connectivity index (χ1n) is 7.84. The minimum Gasteiger partial charge on any atom is -0.497 e. The van der Waals surface area contributed by atoms with Crippen molar-refractivity contribution in [2.24, 2.45) is 5.92 Å². The molecule has 0 spiro atoms. The first-order chi connectivity index (χ1) is 11.1. The average molecular weight is 321 g/mol. The number of aliphatic carboxylic acids is 1. The number of carbonyl (C=O) groups is 2. The van der Waals surface area contributed by atoms with Crippen LogP contribution in [0.5, 0.6) is 5.75 Å². The maximum absolute atomic E-state index is 12.1. The number of nitrogens with one attached hydrogen (secondary N) is 1. The third-order valence-corrected chi connectivity index (χ3v) is 4.12. The molecule has 1 heterocycles. The molecule has 1 atom stereocenters. The minimum atomic E-state index is -1.07. The Bertz CT molecular complexity index is 522. The summed E-state index contributed by atoms with van der Waals surface area (Å²) in [5.74, 6) is -0.184. The van der Waals surface area contributed by atoms with Crippen molar-refractivity contribution in [1.29, 1.82) is 0 Å². The van der Waals surface area contributed by atoms with Crippen LogP contribution in [-0.4, -0.2) is 37.3 Å². The molecule has 126 valence electrons. The van der Waals surface area contributed by atoms with Gasteiger partial charge in [-0.05, 0) is 42.9 Å². The average Bonchev–Trinajstić information content (AvgIpc) is 2.58. The fourth-order valence-corrected chi connectivity index (χ4v) is 2.69. The lowest BCUT2D eigenvalue weighted by Gasteiger charge is -2.22. The number of ether oxygens (including phenoxy) is 2. The van der Waals surface area contributed by atoms with E-state index in [1.807, 2.05) is 0 Å². The van der Waals surface area contributed by atoms with Gasteiger partial charge in [-0.2, -0.15) is 0 Å². The number of rotatable bonds is 7. The van der Waals surface area contributed by atoms with Crippen LogP contribution in [0.25, 0.3) is 0 Å². The van der Waals surface area contributed by atoms with E-state index in [0.717, 1.165) is 32.5 Å². The molecular weight excluding hydrogens is 298 g/mol. The number of benzene rings is 1. The smallest absolute Gasteiger partial charge is 0.330 e. The lowest BCUT2D eigenvalue weighted by atomic mass is 9.94. The number of carboxylic acids is 1. The number of carboxylic acid groups (broad SMARTS) is 1. The molecule has 1 saturated heterocycles. The molecule has 6 nitrogen and oxygen atoms in total. The summed E-state index contributed by atoms with van der Waals surface area (Å²) >= 11 is 0. The molecule has 1 amide bonds. The molecule has 1 aromatic rings. The summed E-state index contributed by atoms with van der Waals surface area (Å²) in [6, 6.07) is 5.62. The SMILES string of the molecule is COc1ccc(C(NC(=O)CCC2CCOCC2)C(=O)O)cc1. The molecular formula is C17H23NO5. The summed E-state index contributed by atoms with van der Waals surface area (Å²) in [5, 5.41) is 12.0. The van der Waals surface area contributed by atoms with Crippen molar-refractivity contribution >= 4 is 11.9 Å². The van der Waals surface area contributed by atoms with E-state index < -0.39 is 12.0 Å². The van der Waals surface area contributed by atoms with Crippen LogP contribution in [0.4, 0.5) is 0 Å². The first kappa shape index (κ1) is 17.3. The van der Waals surface area contributed by atoms with E-state index in [0.29, 0.717) is 23.7 Å². The van der Waals surface area contributed by atoms with Crippen molar-refractivity contribution in [3.8, 4) is 5.75 Å². The van der Waals surface area contributed by atoms with Gasteiger partial charge in [-0.1, -0.05) is 12.1 Å². The van der Waals surface area contributed by atoms with Gasteiger partial charge in [0.05, 0.1) is 7.11 Å². The Morgan fingerprint density at radius 1 is 1.30 bits per heavy atom. The predicted octanol–water partition coefficient (Wildman–Crippen LogP) is 2.14.